The Morgan fingerprint density at radius 2 is 1.69 bits per heavy atom. The van der Waals surface area contributed by atoms with Crippen LogP contribution in [0.2, 0.25) is 0 Å². The summed E-state index contributed by atoms with van der Waals surface area (Å²) in [5.41, 5.74) is 0. The summed E-state index contributed by atoms with van der Waals surface area (Å²) in [7, 11) is 0.153. The second-order valence-corrected chi connectivity index (χ2v) is 8.36. The average Bonchev–Trinajstić information content (AvgIpc) is 2.73. The molecule has 0 spiro atoms. The number of benzene rings is 1. The predicted octanol–water partition coefficient (Wildman–Crippen LogP) is 0.625. The van der Waals surface area contributed by atoms with Gasteiger partial charge in [-0.05, 0) is 19.1 Å². The monoisotopic (exact) mass is 429 g/mol. The van der Waals surface area contributed by atoms with Crippen molar-refractivity contribution in [3.05, 3.63) is 18.2 Å². The first kappa shape index (κ1) is 22.8. The number of amides is 2. The minimum absolute atomic E-state index is 0.0817. The van der Waals surface area contributed by atoms with Gasteiger partial charge in [-0.15, -0.1) is 0 Å². The first-order valence-electron chi connectivity index (χ1n) is 9.12. The molecule has 0 aliphatic carbocycles. The van der Waals surface area contributed by atoms with Crippen LogP contribution in [-0.2, 0) is 19.6 Å². The number of likely N-dealkylation sites (N-methyl/N-ethyl adjacent to an activating group) is 1. The molecule has 1 aromatic rings. The number of carbonyl (C=O) groups is 2. The summed E-state index contributed by atoms with van der Waals surface area (Å²) < 4.78 is 42.1. The first-order chi connectivity index (χ1) is 13.7. The summed E-state index contributed by atoms with van der Waals surface area (Å²) >= 11 is 0. The predicted molar refractivity (Wildman–Crippen MR) is 105 cm³/mol. The van der Waals surface area contributed by atoms with Crippen molar-refractivity contribution < 1.29 is 32.2 Å². The van der Waals surface area contributed by atoms with E-state index in [2.05, 4.69) is 0 Å². The fourth-order valence-corrected chi connectivity index (χ4v) is 4.17. The maximum Gasteiger partial charge on any atom is 0.409 e. The Morgan fingerprint density at radius 1 is 1.07 bits per heavy atom. The van der Waals surface area contributed by atoms with Crippen molar-refractivity contribution in [2.24, 2.45) is 0 Å². The highest BCUT2D eigenvalue weighted by atomic mass is 32.2. The molecule has 11 heteroatoms. The number of hydrogen-bond donors (Lipinski definition) is 0. The van der Waals surface area contributed by atoms with Crippen molar-refractivity contribution >= 4 is 22.0 Å². The molecule has 2 rings (SSSR count). The van der Waals surface area contributed by atoms with Crippen LogP contribution in [0, 0.1) is 0 Å². The first-order valence-corrected chi connectivity index (χ1v) is 10.6. The number of rotatable bonds is 7. The molecule has 1 aliphatic heterocycles. The average molecular weight is 429 g/mol. The molecule has 1 aromatic carbocycles. The Labute approximate surface area is 171 Å². The van der Waals surface area contributed by atoms with E-state index in [0.717, 1.165) is 4.31 Å². The molecule has 29 heavy (non-hydrogen) atoms. The Kier molecular flexibility index (Phi) is 7.68. The molecule has 0 atom stereocenters. The minimum Gasteiger partial charge on any atom is -0.497 e. The van der Waals surface area contributed by atoms with E-state index >= 15 is 0 Å². The number of carbonyl (C=O) groups excluding carboxylic acids is 2. The van der Waals surface area contributed by atoms with E-state index in [1.165, 1.54) is 43.2 Å². The lowest BCUT2D eigenvalue weighted by molar-refractivity contribution is -0.132. The zero-order chi connectivity index (χ0) is 21.6. The molecular weight excluding hydrogens is 402 g/mol. The second kappa shape index (κ2) is 9.79. The topological polar surface area (TPSA) is 106 Å². The van der Waals surface area contributed by atoms with Crippen LogP contribution in [0.4, 0.5) is 4.79 Å². The van der Waals surface area contributed by atoms with Crippen LogP contribution in [0.15, 0.2) is 23.1 Å². The van der Waals surface area contributed by atoms with Crippen LogP contribution in [0.3, 0.4) is 0 Å². The van der Waals surface area contributed by atoms with Crippen molar-refractivity contribution in [1.29, 1.82) is 0 Å². The molecule has 0 unspecified atom stereocenters. The highest BCUT2D eigenvalue weighted by molar-refractivity contribution is 7.89. The van der Waals surface area contributed by atoms with Crippen LogP contribution in [0.5, 0.6) is 11.5 Å². The van der Waals surface area contributed by atoms with Crippen LogP contribution in [0.1, 0.15) is 6.92 Å². The summed E-state index contributed by atoms with van der Waals surface area (Å²) in [4.78, 5) is 27.3. The zero-order valence-electron chi connectivity index (χ0n) is 17.1. The molecule has 10 nitrogen and oxygen atoms in total. The van der Waals surface area contributed by atoms with Gasteiger partial charge < -0.3 is 24.0 Å². The molecule has 1 heterocycles. The van der Waals surface area contributed by atoms with Crippen molar-refractivity contribution in [3.63, 3.8) is 0 Å². The van der Waals surface area contributed by atoms with Gasteiger partial charge in [0.15, 0.2) is 0 Å². The number of nitrogens with zero attached hydrogens (tertiary/aromatic N) is 3. The van der Waals surface area contributed by atoms with Crippen LogP contribution in [-0.4, -0.2) is 95.1 Å². The molecule has 0 aromatic heterocycles. The summed E-state index contributed by atoms with van der Waals surface area (Å²) in [5, 5.41) is 0. The number of piperazine rings is 1. The fourth-order valence-electron chi connectivity index (χ4n) is 2.88. The second-order valence-electron chi connectivity index (χ2n) is 6.34. The van der Waals surface area contributed by atoms with Gasteiger partial charge in [0.2, 0.25) is 15.9 Å². The number of hydrogen-bond acceptors (Lipinski definition) is 7. The summed E-state index contributed by atoms with van der Waals surface area (Å²) in [6.45, 7) is 2.99. The van der Waals surface area contributed by atoms with Gasteiger partial charge in [0.1, 0.15) is 16.4 Å². The molecule has 0 radical (unpaired) electrons. The minimum atomic E-state index is -3.98. The van der Waals surface area contributed by atoms with E-state index in [0.29, 0.717) is 31.9 Å². The van der Waals surface area contributed by atoms with Gasteiger partial charge >= 0.3 is 6.09 Å². The van der Waals surface area contributed by atoms with Crippen LogP contribution in [0.25, 0.3) is 0 Å². The van der Waals surface area contributed by atoms with Gasteiger partial charge in [-0.2, -0.15) is 4.31 Å². The van der Waals surface area contributed by atoms with Crippen LogP contribution < -0.4 is 9.47 Å². The van der Waals surface area contributed by atoms with Gasteiger partial charge in [-0.25, -0.2) is 13.2 Å². The Morgan fingerprint density at radius 3 is 2.24 bits per heavy atom. The van der Waals surface area contributed by atoms with Crippen molar-refractivity contribution in [2.75, 3.05) is 60.6 Å². The highest BCUT2D eigenvalue weighted by Crippen LogP contribution is 2.30. The Hall–Kier alpha value is -2.53. The van der Waals surface area contributed by atoms with E-state index in [4.69, 9.17) is 14.2 Å². The SMILES string of the molecule is CCOC(=O)N1CCN(C(=O)CN(C)S(=O)(=O)c2cc(OC)ccc2OC)CC1. The summed E-state index contributed by atoms with van der Waals surface area (Å²) in [6.07, 6.45) is -0.413. The fraction of sp³-hybridized carbons (Fsp3) is 0.556. The quantitative estimate of drug-likeness (QED) is 0.626. The van der Waals surface area contributed by atoms with Gasteiger partial charge in [-0.1, -0.05) is 0 Å². The Balaban J connectivity index is 2.05. The van der Waals surface area contributed by atoms with Crippen molar-refractivity contribution in [3.8, 4) is 11.5 Å². The van der Waals surface area contributed by atoms with Gasteiger partial charge in [0.05, 0.1) is 27.4 Å². The number of methoxy groups -OCH3 is 2. The largest absolute Gasteiger partial charge is 0.497 e. The molecule has 0 saturated carbocycles. The molecule has 162 valence electrons. The third-order valence-corrected chi connectivity index (χ3v) is 6.40. The summed E-state index contributed by atoms with van der Waals surface area (Å²) in [6, 6.07) is 4.44. The number of ether oxygens (including phenoxy) is 3. The maximum absolute atomic E-state index is 13.0. The zero-order valence-corrected chi connectivity index (χ0v) is 17.9. The van der Waals surface area contributed by atoms with E-state index < -0.39 is 16.1 Å². The molecule has 1 saturated heterocycles. The highest BCUT2D eigenvalue weighted by Gasteiger charge is 2.30. The lowest BCUT2D eigenvalue weighted by atomic mass is 10.3. The number of sulfonamides is 1. The summed E-state index contributed by atoms with van der Waals surface area (Å²) in [5.74, 6) is 0.175. The van der Waals surface area contributed by atoms with E-state index in [-0.39, 0.29) is 29.7 Å². The van der Waals surface area contributed by atoms with E-state index in [1.807, 2.05) is 0 Å². The third kappa shape index (κ3) is 5.30. The van der Waals surface area contributed by atoms with Gasteiger partial charge in [0, 0.05) is 39.3 Å². The molecule has 2 amide bonds. The van der Waals surface area contributed by atoms with Crippen molar-refractivity contribution in [2.45, 2.75) is 11.8 Å². The van der Waals surface area contributed by atoms with Gasteiger partial charge in [0.25, 0.3) is 0 Å². The molecule has 1 aliphatic rings. The lowest BCUT2D eigenvalue weighted by Crippen LogP contribution is -2.52. The Bertz CT molecular complexity index is 836. The van der Waals surface area contributed by atoms with E-state index in [9.17, 15) is 18.0 Å². The van der Waals surface area contributed by atoms with Crippen LogP contribution >= 0.6 is 0 Å². The van der Waals surface area contributed by atoms with Gasteiger partial charge in [-0.3, -0.25) is 4.79 Å². The van der Waals surface area contributed by atoms with E-state index in [1.54, 1.807) is 13.0 Å². The third-order valence-electron chi connectivity index (χ3n) is 4.58. The molecular formula is C18H27N3O7S. The maximum atomic E-state index is 13.0. The molecule has 0 N–H and O–H groups in total. The standard InChI is InChI=1S/C18H27N3O7S/c1-5-28-18(23)21-10-8-20(9-11-21)17(22)13-19(2)29(24,25)16-12-14(26-3)6-7-15(16)27-4/h6-7,12H,5,8-11,13H2,1-4H3. The molecule has 0 bridgehead atoms. The lowest BCUT2D eigenvalue weighted by Gasteiger charge is -2.34. The molecule has 1 fully saturated rings. The smallest absolute Gasteiger partial charge is 0.409 e. The van der Waals surface area contributed by atoms with Crippen molar-refractivity contribution in [1.82, 2.24) is 14.1 Å². The normalized spacial score (nSPS) is 14.7.